The molecular weight excluding hydrogens is 186 g/mol. The van der Waals surface area contributed by atoms with Crippen molar-refractivity contribution >= 4 is 12.5 Å². The predicted molar refractivity (Wildman–Crippen MR) is 63.9 cm³/mol. The topological polar surface area (TPSA) is 29.4 Å². The van der Waals surface area contributed by atoms with Gasteiger partial charge in [0, 0.05) is 6.21 Å². The Bertz CT molecular complexity index is 357. The molecule has 0 aromatic carbocycles. The van der Waals surface area contributed by atoms with Gasteiger partial charge in [0.1, 0.15) is 6.29 Å². The molecular formula is C13H15NO. The number of allylic oxidation sites excluding steroid dienone is 6. The first-order valence-electron chi connectivity index (χ1n) is 5.06. The third kappa shape index (κ3) is 3.90. The van der Waals surface area contributed by atoms with Crippen LogP contribution in [0.15, 0.2) is 52.7 Å². The van der Waals surface area contributed by atoms with E-state index in [-0.39, 0.29) is 0 Å². The molecule has 78 valence electrons. The van der Waals surface area contributed by atoms with E-state index >= 15 is 0 Å². The lowest BCUT2D eigenvalue weighted by Crippen LogP contribution is -1.88. The van der Waals surface area contributed by atoms with Crippen molar-refractivity contribution in [3.05, 3.63) is 47.7 Å². The van der Waals surface area contributed by atoms with Crippen molar-refractivity contribution in [1.29, 1.82) is 0 Å². The molecule has 1 aliphatic carbocycles. The average Bonchev–Trinajstić information content (AvgIpc) is 2.29. The van der Waals surface area contributed by atoms with Crippen LogP contribution in [0.2, 0.25) is 0 Å². The van der Waals surface area contributed by atoms with Crippen LogP contribution in [-0.4, -0.2) is 12.5 Å². The molecule has 0 saturated carbocycles. The van der Waals surface area contributed by atoms with Crippen LogP contribution in [-0.2, 0) is 4.79 Å². The summed E-state index contributed by atoms with van der Waals surface area (Å²) < 4.78 is 0. The second kappa shape index (κ2) is 6.71. The Hall–Kier alpha value is -1.70. The summed E-state index contributed by atoms with van der Waals surface area (Å²) in [5, 5.41) is 0. The van der Waals surface area contributed by atoms with Crippen LogP contribution < -0.4 is 0 Å². The highest BCUT2D eigenvalue weighted by Crippen LogP contribution is 2.18. The Labute approximate surface area is 90.4 Å². The normalized spacial score (nSPS) is 17.4. The van der Waals surface area contributed by atoms with Gasteiger partial charge >= 0.3 is 0 Å². The van der Waals surface area contributed by atoms with E-state index in [1.54, 1.807) is 12.3 Å². The largest absolute Gasteiger partial charge is 0.299 e. The number of hydrogen-bond donors (Lipinski definition) is 0. The molecule has 0 aromatic heterocycles. The molecule has 1 rings (SSSR count). The number of aliphatic imine (C=N–C) groups is 1. The SMILES string of the molecule is CC=N/C(=C\C=C\C=O)C1=CCCC=C1. The molecule has 0 radical (unpaired) electrons. The lowest BCUT2D eigenvalue weighted by Gasteiger charge is -2.06. The molecule has 1 aliphatic rings. The summed E-state index contributed by atoms with van der Waals surface area (Å²) in [6.45, 7) is 1.88. The molecule has 0 saturated heterocycles. The van der Waals surface area contributed by atoms with Crippen molar-refractivity contribution in [3.8, 4) is 0 Å². The highest BCUT2D eigenvalue weighted by Gasteiger charge is 2.01. The first-order valence-corrected chi connectivity index (χ1v) is 5.06. The summed E-state index contributed by atoms with van der Waals surface area (Å²) in [5.41, 5.74) is 2.02. The minimum absolute atomic E-state index is 0.759. The molecule has 0 N–H and O–H groups in total. The van der Waals surface area contributed by atoms with Crippen LogP contribution >= 0.6 is 0 Å². The van der Waals surface area contributed by atoms with E-state index in [0.717, 1.165) is 30.4 Å². The summed E-state index contributed by atoms with van der Waals surface area (Å²) in [6, 6.07) is 0. The molecule has 0 heterocycles. The van der Waals surface area contributed by atoms with Crippen LogP contribution in [0.3, 0.4) is 0 Å². The summed E-state index contributed by atoms with van der Waals surface area (Å²) >= 11 is 0. The van der Waals surface area contributed by atoms with Gasteiger partial charge in [0.25, 0.3) is 0 Å². The van der Waals surface area contributed by atoms with Gasteiger partial charge < -0.3 is 0 Å². The van der Waals surface area contributed by atoms with Gasteiger partial charge in [0.05, 0.1) is 5.70 Å². The number of aldehydes is 1. The number of rotatable bonds is 4. The minimum Gasteiger partial charge on any atom is -0.299 e. The molecule has 0 atom stereocenters. The fourth-order valence-corrected chi connectivity index (χ4v) is 1.35. The molecule has 0 bridgehead atoms. The van der Waals surface area contributed by atoms with E-state index < -0.39 is 0 Å². The summed E-state index contributed by atoms with van der Waals surface area (Å²) in [5.74, 6) is 0. The lowest BCUT2D eigenvalue weighted by atomic mass is 10.0. The maximum atomic E-state index is 10.1. The van der Waals surface area contributed by atoms with Crippen LogP contribution in [0.5, 0.6) is 0 Å². The Balaban J connectivity index is 2.86. The summed E-state index contributed by atoms with van der Waals surface area (Å²) in [4.78, 5) is 14.4. The molecule has 0 fully saturated rings. The van der Waals surface area contributed by atoms with E-state index in [4.69, 9.17) is 0 Å². The van der Waals surface area contributed by atoms with Crippen LogP contribution in [0.4, 0.5) is 0 Å². The van der Waals surface area contributed by atoms with Gasteiger partial charge in [-0.1, -0.05) is 24.3 Å². The van der Waals surface area contributed by atoms with Crippen molar-refractivity contribution in [2.45, 2.75) is 19.8 Å². The van der Waals surface area contributed by atoms with E-state index in [9.17, 15) is 4.79 Å². The number of nitrogens with zero attached hydrogens (tertiary/aromatic N) is 1. The quantitative estimate of drug-likeness (QED) is 0.297. The monoisotopic (exact) mass is 201 g/mol. The number of carbonyl (C=O) groups is 1. The Morgan fingerprint density at radius 2 is 2.27 bits per heavy atom. The van der Waals surface area contributed by atoms with Gasteiger partial charge in [-0.15, -0.1) is 0 Å². The molecule has 15 heavy (non-hydrogen) atoms. The molecule has 2 nitrogen and oxygen atoms in total. The van der Waals surface area contributed by atoms with Crippen molar-refractivity contribution < 1.29 is 4.79 Å². The summed E-state index contributed by atoms with van der Waals surface area (Å²) in [6.07, 6.45) is 16.0. The smallest absolute Gasteiger partial charge is 0.142 e. The molecule has 2 heteroatoms. The van der Waals surface area contributed by atoms with Crippen LogP contribution in [0.1, 0.15) is 19.8 Å². The van der Waals surface area contributed by atoms with Gasteiger partial charge in [-0.3, -0.25) is 9.79 Å². The fraction of sp³-hybridized carbons (Fsp3) is 0.231. The maximum absolute atomic E-state index is 10.1. The first kappa shape index (κ1) is 11.4. The maximum Gasteiger partial charge on any atom is 0.142 e. The standard InChI is InChI=1S/C13H15NO/c1-2-14-13(10-6-7-11-15)12-8-4-3-5-9-12/h2,4,6-11H,3,5H2,1H3/b7-6+,13-10-,14-2?. The predicted octanol–water partition coefficient (Wildman–Crippen LogP) is 2.99. The van der Waals surface area contributed by atoms with Crippen molar-refractivity contribution in [1.82, 2.24) is 0 Å². The minimum atomic E-state index is 0.759. The third-order valence-corrected chi connectivity index (χ3v) is 2.00. The lowest BCUT2D eigenvalue weighted by molar-refractivity contribution is -0.104. The van der Waals surface area contributed by atoms with Gasteiger partial charge in [0.15, 0.2) is 0 Å². The van der Waals surface area contributed by atoms with Crippen LogP contribution in [0.25, 0.3) is 0 Å². The van der Waals surface area contributed by atoms with Crippen molar-refractivity contribution in [3.63, 3.8) is 0 Å². The van der Waals surface area contributed by atoms with Crippen LogP contribution in [0, 0.1) is 0 Å². The number of hydrogen-bond acceptors (Lipinski definition) is 2. The highest BCUT2D eigenvalue weighted by atomic mass is 16.1. The Morgan fingerprint density at radius 3 is 2.87 bits per heavy atom. The van der Waals surface area contributed by atoms with E-state index in [2.05, 4.69) is 23.2 Å². The first-order chi connectivity index (χ1) is 7.38. The fourth-order valence-electron chi connectivity index (χ4n) is 1.35. The zero-order valence-corrected chi connectivity index (χ0v) is 8.89. The molecule has 0 spiro atoms. The second-order valence-electron chi connectivity index (χ2n) is 3.10. The third-order valence-electron chi connectivity index (χ3n) is 2.00. The molecule has 0 unspecified atom stereocenters. The Morgan fingerprint density at radius 1 is 1.40 bits per heavy atom. The second-order valence-corrected chi connectivity index (χ2v) is 3.10. The van der Waals surface area contributed by atoms with Gasteiger partial charge in [-0.05, 0) is 37.5 Å². The van der Waals surface area contributed by atoms with E-state index in [1.807, 2.05) is 13.0 Å². The van der Waals surface area contributed by atoms with Crippen molar-refractivity contribution in [2.24, 2.45) is 4.99 Å². The highest BCUT2D eigenvalue weighted by molar-refractivity contribution is 5.66. The molecule has 0 aliphatic heterocycles. The molecule has 0 amide bonds. The van der Waals surface area contributed by atoms with Crippen molar-refractivity contribution in [2.75, 3.05) is 0 Å². The zero-order valence-electron chi connectivity index (χ0n) is 8.89. The van der Waals surface area contributed by atoms with Gasteiger partial charge in [0.2, 0.25) is 0 Å². The number of carbonyl (C=O) groups excluding carboxylic acids is 1. The average molecular weight is 201 g/mol. The van der Waals surface area contributed by atoms with Gasteiger partial charge in [-0.25, -0.2) is 0 Å². The van der Waals surface area contributed by atoms with Gasteiger partial charge in [-0.2, -0.15) is 0 Å². The van der Waals surface area contributed by atoms with E-state index in [0.29, 0.717) is 0 Å². The summed E-state index contributed by atoms with van der Waals surface area (Å²) in [7, 11) is 0. The van der Waals surface area contributed by atoms with E-state index in [1.165, 1.54) is 6.08 Å². The Kier molecular flexibility index (Phi) is 5.09. The zero-order chi connectivity index (χ0) is 10.9. The molecule has 0 aromatic rings.